The van der Waals surface area contributed by atoms with Gasteiger partial charge in [-0.3, -0.25) is 0 Å². The van der Waals surface area contributed by atoms with Crippen molar-refractivity contribution in [1.82, 2.24) is 0 Å². The highest BCUT2D eigenvalue weighted by Crippen LogP contribution is 2.49. The SMILES string of the molecule is CCOC(=O)[C@]1(Cc2ccccc2)O[C@H](c2cccc(Cl)c2)O[C@@H]1c1cccc(Cl)c1. The van der Waals surface area contributed by atoms with Crippen molar-refractivity contribution in [2.75, 3.05) is 6.61 Å². The Kier molecular flexibility index (Phi) is 6.63. The van der Waals surface area contributed by atoms with Crippen LogP contribution in [0.4, 0.5) is 0 Å². The standard InChI is InChI=1S/C25H22Cl2O4/c1-2-29-24(28)25(16-17-8-4-3-5-9-17)22(18-10-6-12-20(26)14-18)30-23(31-25)19-11-7-13-21(27)15-19/h3-15,22-23H,2,16H2,1H3/t22-,23-,25-/m1/s1. The first-order valence-electron chi connectivity index (χ1n) is 10.1. The largest absolute Gasteiger partial charge is 0.464 e. The van der Waals surface area contributed by atoms with Crippen LogP contribution >= 0.6 is 23.2 Å². The van der Waals surface area contributed by atoms with Crippen LogP contribution in [0.5, 0.6) is 0 Å². The maximum Gasteiger partial charge on any atom is 0.342 e. The van der Waals surface area contributed by atoms with Gasteiger partial charge in [0, 0.05) is 22.0 Å². The Balaban J connectivity index is 1.83. The molecule has 0 N–H and O–H groups in total. The zero-order chi connectivity index (χ0) is 21.8. The molecule has 0 amide bonds. The number of rotatable bonds is 6. The third-order valence-corrected chi connectivity index (χ3v) is 5.67. The zero-order valence-electron chi connectivity index (χ0n) is 17.0. The molecule has 1 saturated heterocycles. The molecule has 0 radical (unpaired) electrons. The second-order valence-electron chi connectivity index (χ2n) is 7.35. The highest BCUT2D eigenvalue weighted by molar-refractivity contribution is 6.30. The predicted octanol–water partition coefficient (Wildman–Crippen LogP) is 6.32. The number of carbonyl (C=O) groups is 1. The van der Waals surface area contributed by atoms with Gasteiger partial charge in [-0.05, 0) is 42.3 Å². The van der Waals surface area contributed by atoms with E-state index in [1.54, 1.807) is 31.2 Å². The highest BCUT2D eigenvalue weighted by Gasteiger charge is 2.57. The zero-order valence-corrected chi connectivity index (χ0v) is 18.5. The number of halogens is 2. The van der Waals surface area contributed by atoms with Crippen molar-refractivity contribution < 1.29 is 19.0 Å². The smallest absolute Gasteiger partial charge is 0.342 e. The molecule has 3 atom stereocenters. The molecule has 6 heteroatoms. The quantitative estimate of drug-likeness (QED) is 0.406. The summed E-state index contributed by atoms with van der Waals surface area (Å²) in [5, 5.41) is 1.10. The third kappa shape index (κ3) is 4.63. The van der Waals surface area contributed by atoms with Crippen LogP contribution in [0.2, 0.25) is 10.0 Å². The Hall–Kier alpha value is -2.37. The summed E-state index contributed by atoms with van der Waals surface area (Å²) in [6.45, 7) is 2.00. The van der Waals surface area contributed by atoms with Gasteiger partial charge in [-0.1, -0.05) is 77.8 Å². The topological polar surface area (TPSA) is 44.8 Å². The van der Waals surface area contributed by atoms with Gasteiger partial charge >= 0.3 is 5.97 Å². The van der Waals surface area contributed by atoms with Gasteiger partial charge in [-0.15, -0.1) is 0 Å². The average molecular weight is 457 g/mol. The molecule has 0 bridgehead atoms. The van der Waals surface area contributed by atoms with Crippen molar-refractivity contribution >= 4 is 29.2 Å². The normalized spacial score (nSPS) is 22.9. The molecule has 4 nitrogen and oxygen atoms in total. The fraction of sp³-hybridized carbons (Fsp3) is 0.240. The van der Waals surface area contributed by atoms with Gasteiger partial charge in [-0.2, -0.15) is 0 Å². The fourth-order valence-corrected chi connectivity index (χ4v) is 4.24. The molecule has 0 spiro atoms. The van der Waals surface area contributed by atoms with E-state index in [0.717, 1.165) is 16.7 Å². The van der Waals surface area contributed by atoms with E-state index in [2.05, 4.69) is 0 Å². The molecule has 0 aromatic heterocycles. The van der Waals surface area contributed by atoms with Crippen molar-refractivity contribution in [3.8, 4) is 0 Å². The van der Waals surface area contributed by atoms with Crippen LogP contribution < -0.4 is 0 Å². The van der Waals surface area contributed by atoms with Gasteiger partial charge in [0.1, 0.15) is 6.10 Å². The lowest BCUT2D eigenvalue weighted by Gasteiger charge is -2.30. The van der Waals surface area contributed by atoms with Crippen molar-refractivity contribution in [3.05, 3.63) is 106 Å². The Labute approximate surface area is 191 Å². The van der Waals surface area contributed by atoms with E-state index < -0.39 is 24.0 Å². The summed E-state index contributed by atoms with van der Waals surface area (Å²) in [5.74, 6) is -0.478. The van der Waals surface area contributed by atoms with Crippen molar-refractivity contribution in [1.29, 1.82) is 0 Å². The van der Waals surface area contributed by atoms with Gasteiger partial charge in [0.25, 0.3) is 0 Å². The maximum atomic E-state index is 13.4. The van der Waals surface area contributed by atoms with Gasteiger partial charge in [0.2, 0.25) is 5.60 Å². The maximum absolute atomic E-state index is 13.4. The van der Waals surface area contributed by atoms with E-state index in [1.165, 1.54) is 0 Å². The lowest BCUT2D eigenvalue weighted by molar-refractivity contribution is -0.173. The summed E-state index contributed by atoms with van der Waals surface area (Å²) in [6.07, 6.45) is -1.24. The van der Waals surface area contributed by atoms with Crippen molar-refractivity contribution in [3.63, 3.8) is 0 Å². The molecule has 1 aliphatic rings. The van der Waals surface area contributed by atoms with Gasteiger partial charge < -0.3 is 14.2 Å². The summed E-state index contributed by atoms with van der Waals surface area (Å²) >= 11 is 12.5. The lowest BCUT2D eigenvalue weighted by atomic mass is 9.85. The van der Waals surface area contributed by atoms with Gasteiger partial charge in [0.15, 0.2) is 6.29 Å². The molecule has 0 saturated carbocycles. The predicted molar refractivity (Wildman–Crippen MR) is 120 cm³/mol. The summed E-state index contributed by atoms with van der Waals surface area (Å²) in [7, 11) is 0. The minimum absolute atomic E-state index is 0.225. The summed E-state index contributed by atoms with van der Waals surface area (Å²) in [6, 6.07) is 24.2. The number of esters is 1. The van der Waals surface area contributed by atoms with Crippen LogP contribution in [0.25, 0.3) is 0 Å². The van der Waals surface area contributed by atoms with Crippen LogP contribution in [-0.2, 0) is 25.4 Å². The summed E-state index contributed by atoms with van der Waals surface area (Å²) in [4.78, 5) is 13.4. The van der Waals surface area contributed by atoms with Crippen molar-refractivity contribution in [2.24, 2.45) is 0 Å². The summed E-state index contributed by atoms with van der Waals surface area (Å²) < 4.78 is 18.3. The van der Waals surface area contributed by atoms with E-state index in [-0.39, 0.29) is 13.0 Å². The number of hydrogen-bond donors (Lipinski definition) is 0. The van der Waals surface area contributed by atoms with Crippen LogP contribution in [0.15, 0.2) is 78.9 Å². The number of hydrogen-bond acceptors (Lipinski definition) is 4. The first kappa shape index (κ1) is 21.8. The Bertz CT molecular complexity index is 1060. The van der Waals surface area contributed by atoms with Crippen molar-refractivity contribution in [2.45, 2.75) is 31.3 Å². The van der Waals surface area contributed by atoms with Crippen LogP contribution in [0, 0.1) is 0 Å². The number of ether oxygens (including phenoxy) is 3. The molecular formula is C25H22Cl2O4. The van der Waals surface area contributed by atoms with Gasteiger partial charge in [0.05, 0.1) is 6.61 Å². The number of benzene rings is 3. The summed E-state index contributed by atoms with van der Waals surface area (Å²) in [5.41, 5.74) is 0.993. The minimum atomic E-state index is -1.39. The third-order valence-electron chi connectivity index (χ3n) is 5.20. The second-order valence-corrected chi connectivity index (χ2v) is 8.22. The van der Waals surface area contributed by atoms with Crippen LogP contribution in [-0.4, -0.2) is 18.2 Å². The Morgan fingerprint density at radius 3 is 2.23 bits per heavy atom. The molecule has 3 aromatic carbocycles. The molecule has 0 aliphatic carbocycles. The molecular weight excluding hydrogens is 435 g/mol. The molecule has 4 rings (SSSR count). The molecule has 0 unspecified atom stereocenters. The molecule has 1 aliphatic heterocycles. The molecule has 1 heterocycles. The van der Waals surface area contributed by atoms with E-state index in [9.17, 15) is 4.79 Å². The Morgan fingerprint density at radius 1 is 0.935 bits per heavy atom. The monoisotopic (exact) mass is 456 g/mol. The second kappa shape index (κ2) is 9.41. The molecule has 3 aromatic rings. The van der Waals surface area contributed by atoms with E-state index in [1.807, 2.05) is 54.6 Å². The lowest BCUT2D eigenvalue weighted by Crippen LogP contribution is -2.46. The molecule has 31 heavy (non-hydrogen) atoms. The number of carbonyl (C=O) groups excluding carboxylic acids is 1. The van der Waals surface area contributed by atoms with Crippen LogP contribution in [0.3, 0.4) is 0 Å². The Morgan fingerprint density at radius 2 is 1.58 bits per heavy atom. The molecule has 160 valence electrons. The average Bonchev–Trinajstić information content (AvgIpc) is 3.15. The van der Waals surface area contributed by atoms with E-state index in [0.29, 0.717) is 10.0 Å². The van der Waals surface area contributed by atoms with Crippen LogP contribution in [0.1, 0.15) is 36.0 Å². The van der Waals surface area contributed by atoms with Gasteiger partial charge in [-0.25, -0.2) is 4.79 Å². The fourth-order valence-electron chi connectivity index (χ4n) is 3.85. The first-order valence-corrected chi connectivity index (χ1v) is 10.8. The highest BCUT2D eigenvalue weighted by atomic mass is 35.5. The van der Waals surface area contributed by atoms with E-state index in [4.69, 9.17) is 37.4 Å². The van der Waals surface area contributed by atoms with E-state index >= 15 is 0 Å². The molecule has 1 fully saturated rings. The minimum Gasteiger partial charge on any atom is -0.464 e. The first-order chi connectivity index (χ1) is 15.0.